The molecule has 2 rings (SSSR count). The smallest absolute Gasteiger partial charge is 0.335 e. The number of hydrogen-bond acceptors (Lipinski definition) is 4. The van der Waals surface area contributed by atoms with E-state index in [-0.39, 0.29) is 23.1 Å². The van der Waals surface area contributed by atoms with Crippen LogP contribution in [-0.4, -0.2) is 35.3 Å². The van der Waals surface area contributed by atoms with Gasteiger partial charge in [-0.2, -0.15) is 0 Å². The fraction of sp³-hybridized carbons (Fsp3) is 0.600. The Labute approximate surface area is 119 Å². The number of rotatable bonds is 5. The van der Waals surface area contributed by atoms with Crippen molar-refractivity contribution in [2.45, 2.75) is 45.8 Å². The highest BCUT2D eigenvalue weighted by Crippen LogP contribution is 2.43. The number of methoxy groups -OCH3 is 1. The van der Waals surface area contributed by atoms with Crippen LogP contribution in [0, 0.1) is 5.41 Å². The molecule has 20 heavy (non-hydrogen) atoms. The molecule has 5 nitrogen and oxygen atoms in total. The fourth-order valence-corrected chi connectivity index (χ4v) is 2.68. The number of nitrogens with one attached hydrogen (secondary N) is 1. The molecule has 1 fully saturated rings. The summed E-state index contributed by atoms with van der Waals surface area (Å²) in [6.07, 6.45) is 1.85. The largest absolute Gasteiger partial charge is 0.478 e. The number of anilines is 1. The number of carboxylic acid groups (broad SMARTS) is 1. The molecule has 0 saturated heterocycles. The predicted molar refractivity (Wildman–Crippen MR) is 77.2 cm³/mol. The second-order valence-corrected chi connectivity index (χ2v) is 5.87. The summed E-state index contributed by atoms with van der Waals surface area (Å²) in [5.74, 6) is -0.290. The van der Waals surface area contributed by atoms with Gasteiger partial charge in [0.2, 0.25) is 0 Å². The molecule has 1 aromatic heterocycles. The Kier molecular flexibility index (Phi) is 3.99. The van der Waals surface area contributed by atoms with Gasteiger partial charge < -0.3 is 15.2 Å². The van der Waals surface area contributed by atoms with Gasteiger partial charge in [0.1, 0.15) is 5.82 Å². The van der Waals surface area contributed by atoms with Crippen molar-refractivity contribution < 1.29 is 14.6 Å². The topological polar surface area (TPSA) is 71.5 Å². The average Bonchev–Trinajstić information content (AvgIpc) is 2.42. The zero-order valence-electron chi connectivity index (χ0n) is 12.4. The number of aromatic nitrogens is 1. The van der Waals surface area contributed by atoms with Crippen molar-refractivity contribution in [1.29, 1.82) is 0 Å². The van der Waals surface area contributed by atoms with E-state index in [0.717, 1.165) is 12.1 Å². The molecular weight excluding hydrogens is 256 g/mol. The lowest BCUT2D eigenvalue weighted by molar-refractivity contribution is -0.0795. The molecule has 0 amide bonds. The zero-order chi connectivity index (χ0) is 14.9. The van der Waals surface area contributed by atoms with Crippen LogP contribution in [0.3, 0.4) is 0 Å². The van der Waals surface area contributed by atoms with Gasteiger partial charge in [-0.05, 0) is 25.0 Å². The zero-order valence-corrected chi connectivity index (χ0v) is 12.4. The first kappa shape index (κ1) is 14.8. The van der Waals surface area contributed by atoms with Gasteiger partial charge in [0.15, 0.2) is 0 Å². The molecule has 1 aliphatic rings. The quantitative estimate of drug-likeness (QED) is 0.866. The van der Waals surface area contributed by atoms with Gasteiger partial charge >= 0.3 is 5.97 Å². The Morgan fingerprint density at radius 2 is 2.25 bits per heavy atom. The van der Waals surface area contributed by atoms with Crippen molar-refractivity contribution in [2.75, 3.05) is 12.4 Å². The van der Waals surface area contributed by atoms with Gasteiger partial charge in [-0.25, -0.2) is 9.78 Å². The Morgan fingerprint density at radius 1 is 1.55 bits per heavy atom. The summed E-state index contributed by atoms with van der Waals surface area (Å²) < 4.78 is 5.42. The Bertz CT molecular complexity index is 514. The van der Waals surface area contributed by atoms with Gasteiger partial charge in [0.25, 0.3) is 0 Å². The minimum absolute atomic E-state index is 0.0159. The number of hydrogen-bond donors (Lipinski definition) is 2. The molecule has 2 atom stereocenters. The minimum atomic E-state index is -0.923. The van der Waals surface area contributed by atoms with Crippen LogP contribution < -0.4 is 5.32 Å². The maximum atomic E-state index is 11.1. The number of carboxylic acids is 1. The molecular formula is C15H22N2O3. The van der Waals surface area contributed by atoms with Crippen molar-refractivity contribution in [3.8, 4) is 0 Å². The highest BCUT2D eigenvalue weighted by atomic mass is 16.5. The van der Waals surface area contributed by atoms with Crippen LogP contribution >= 0.6 is 0 Å². The van der Waals surface area contributed by atoms with Crippen LogP contribution in [0.15, 0.2) is 12.1 Å². The second kappa shape index (κ2) is 5.40. The Balaban J connectivity index is 2.18. The van der Waals surface area contributed by atoms with E-state index in [1.807, 2.05) is 6.92 Å². The summed E-state index contributed by atoms with van der Waals surface area (Å²) >= 11 is 0. The van der Waals surface area contributed by atoms with Crippen molar-refractivity contribution in [1.82, 2.24) is 4.98 Å². The van der Waals surface area contributed by atoms with E-state index < -0.39 is 5.97 Å². The third-order valence-corrected chi connectivity index (χ3v) is 4.27. The molecule has 2 unspecified atom stereocenters. The maximum Gasteiger partial charge on any atom is 0.335 e. The molecule has 0 aliphatic heterocycles. The summed E-state index contributed by atoms with van der Waals surface area (Å²) in [4.78, 5) is 15.6. The molecule has 5 heteroatoms. The highest BCUT2D eigenvalue weighted by Gasteiger charge is 2.48. The van der Waals surface area contributed by atoms with Crippen LogP contribution in [0.4, 0.5) is 5.82 Å². The minimum Gasteiger partial charge on any atom is -0.478 e. The first-order valence-electron chi connectivity index (χ1n) is 6.92. The molecule has 0 aromatic carbocycles. The third kappa shape index (κ3) is 2.63. The normalized spacial score (nSPS) is 24.0. The van der Waals surface area contributed by atoms with E-state index in [1.165, 1.54) is 0 Å². The SMILES string of the molecule is CCc1cc(C(=O)O)cc(NC2CC(OC)C2(C)C)n1. The first-order valence-corrected chi connectivity index (χ1v) is 6.92. The van der Waals surface area contributed by atoms with Crippen LogP contribution in [-0.2, 0) is 11.2 Å². The molecule has 1 aromatic rings. The Hall–Kier alpha value is -1.62. The van der Waals surface area contributed by atoms with Crippen molar-refractivity contribution in [3.05, 3.63) is 23.4 Å². The van der Waals surface area contributed by atoms with E-state index in [1.54, 1.807) is 19.2 Å². The Morgan fingerprint density at radius 3 is 2.75 bits per heavy atom. The van der Waals surface area contributed by atoms with Gasteiger partial charge in [-0.1, -0.05) is 20.8 Å². The van der Waals surface area contributed by atoms with Gasteiger partial charge in [0.05, 0.1) is 11.7 Å². The van der Waals surface area contributed by atoms with Gasteiger partial charge in [-0.3, -0.25) is 0 Å². The van der Waals surface area contributed by atoms with E-state index in [0.29, 0.717) is 12.2 Å². The van der Waals surface area contributed by atoms with Crippen molar-refractivity contribution in [2.24, 2.45) is 5.41 Å². The lowest BCUT2D eigenvalue weighted by atomic mass is 9.64. The lowest BCUT2D eigenvalue weighted by Crippen LogP contribution is -2.57. The number of pyridine rings is 1. The number of nitrogens with zero attached hydrogens (tertiary/aromatic N) is 1. The molecule has 0 radical (unpaired) electrons. The maximum absolute atomic E-state index is 11.1. The van der Waals surface area contributed by atoms with E-state index in [4.69, 9.17) is 9.84 Å². The molecule has 1 heterocycles. The van der Waals surface area contributed by atoms with E-state index in [2.05, 4.69) is 24.1 Å². The second-order valence-electron chi connectivity index (χ2n) is 5.87. The molecule has 0 spiro atoms. The van der Waals surface area contributed by atoms with Crippen LogP contribution in [0.1, 0.15) is 43.2 Å². The molecule has 1 aliphatic carbocycles. The first-order chi connectivity index (χ1) is 9.38. The standard InChI is InChI=1S/C15H22N2O3/c1-5-10-6-9(14(18)19)7-13(16-10)17-11-8-12(20-4)15(11,2)3/h6-7,11-12H,5,8H2,1-4H3,(H,16,17)(H,18,19). The highest BCUT2D eigenvalue weighted by molar-refractivity contribution is 5.88. The third-order valence-electron chi connectivity index (χ3n) is 4.27. The molecule has 110 valence electrons. The summed E-state index contributed by atoms with van der Waals surface area (Å²) in [7, 11) is 1.72. The summed E-state index contributed by atoms with van der Waals surface area (Å²) in [5, 5.41) is 12.5. The number of aromatic carboxylic acids is 1. The van der Waals surface area contributed by atoms with E-state index in [9.17, 15) is 4.79 Å². The molecule has 2 N–H and O–H groups in total. The summed E-state index contributed by atoms with van der Waals surface area (Å²) in [6, 6.07) is 3.46. The van der Waals surface area contributed by atoms with Crippen LogP contribution in [0.5, 0.6) is 0 Å². The van der Waals surface area contributed by atoms with Crippen LogP contribution in [0.25, 0.3) is 0 Å². The van der Waals surface area contributed by atoms with Crippen molar-refractivity contribution >= 4 is 11.8 Å². The monoisotopic (exact) mass is 278 g/mol. The van der Waals surface area contributed by atoms with E-state index >= 15 is 0 Å². The summed E-state index contributed by atoms with van der Waals surface area (Å²) in [5.41, 5.74) is 1.08. The van der Waals surface area contributed by atoms with Gasteiger partial charge in [-0.15, -0.1) is 0 Å². The fourth-order valence-electron chi connectivity index (χ4n) is 2.68. The molecule has 0 bridgehead atoms. The number of aryl methyl sites for hydroxylation is 1. The molecule has 1 saturated carbocycles. The number of ether oxygens (including phenoxy) is 1. The predicted octanol–water partition coefficient (Wildman–Crippen LogP) is 2.57. The van der Waals surface area contributed by atoms with Crippen molar-refractivity contribution in [3.63, 3.8) is 0 Å². The summed E-state index contributed by atoms with van der Waals surface area (Å²) in [6.45, 7) is 6.25. The lowest BCUT2D eigenvalue weighted by Gasteiger charge is -2.51. The van der Waals surface area contributed by atoms with Crippen LogP contribution in [0.2, 0.25) is 0 Å². The average molecular weight is 278 g/mol. The van der Waals surface area contributed by atoms with Gasteiger partial charge in [0, 0.05) is 24.3 Å². The number of carbonyl (C=O) groups is 1.